The van der Waals surface area contributed by atoms with Gasteiger partial charge in [-0.1, -0.05) is 103 Å². The van der Waals surface area contributed by atoms with Gasteiger partial charge in [0.15, 0.2) is 0 Å². The van der Waals surface area contributed by atoms with Crippen LogP contribution >= 0.6 is 0 Å². The van der Waals surface area contributed by atoms with Crippen LogP contribution in [-0.4, -0.2) is 7.85 Å². The fourth-order valence-electron chi connectivity index (χ4n) is 7.19. The maximum Gasteiger partial charge on any atom is 0.109 e. The summed E-state index contributed by atoms with van der Waals surface area (Å²) in [6.07, 6.45) is 22.9. The van der Waals surface area contributed by atoms with Gasteiger partial charge in [-0.05, 0) is 42.4 Å². The largest absolute Gasteiger partial charge is 0.109 e. The third kappa shape index (κ3) is 4.24. The third-order valence-corrected chi connectivity index (χ3v) is 8.41. The fraction of sp³-hybridized carbons (Fsp3) is 1.00. The van der Waals surface area contributed by atoms with E-state index in [9.17, 15) is 0 Å². The molecule has 0 aromatic heterocycles. The first kappa shape index (κ1) is 18.8. The molecule has 1 heteroatoms. The molecule has 4 unspecified atom stereocenters. The Hall–Kier alpha value is 0.0649. The summed E-state index contributed by atoms with van der Waals surface area (Å²) < 4.78 is 0. The summed E-state index contributed by atoms with van der Waals surface area (Å²) in [5.41, 5.74) is 0. The molecule has 0 radical (unpaired) electrons. The zero-order valence-electron chi connectivity index (χ0n) is 17.0. The van der Waals surface area contributed by atoms with Crippen molar-refractivity contribution >= 4 is 7.85 Å². The van der Waals surface area contributed by atoms with Gasteiger partial charge in [0, 0.05) is 0 Å². The lowest BCUT2D eigenvalue weighted by molar-refractivity contribution is 0.0713. The molecule has 138 valence electrons. The Labute approximate surface area is 153 Å². The first-order valence-corrected chi connectivity index (χ1v) is 11.6. The van der Waals surface area contributed by atoms with E-state index in [2.05, 4.69) is 21.7 Å². The lowest BCUT2D eigenvalue weighted by atomic mass is 9.48. The molecule has 0 amide bonds. The first-order valence-electron chi connectivity index (χ1n) is 11.6. The molecule has 0 spiro atoms. The smallest absolute Gasteiger partial charge is 0.0625 e. The summed E-state index contributed by atoms with van der Waals surface area (Å²) in [6, 6.07) is 0. The van der Waals surface area contributed by atoms with Crippen LogP contribution in [0.5, 0.6) is 0 Å². The monoisotopic (exact) mass is 330 g/mol. The van der Waals surface area contributed by atoms with Crippen LogP contribution in [0.25, 0.3) is 0 Å². The third-order valence-electron chi connectivity index (χ3n) is 8.41. The normalized spacial score (nSPS) is 38.5. The molecule has 0 aromatic carbocycles. The van der Waals surface area contributed by atoms with Crippen molar-refractivity contribution in [3.63, 3.8) is 0 Å². The van der Waals surface area contributed by atoms with Crippen molar-refractivity contribution in [3.05, 3.63) is 0 Å². The highest BCUT2D eigenvalue weighted by Crippen LogP contribution is 2.58. The summed E-state index contributed by atoms with van der Waals surface area (Å²) in [4.78, 5) is 0. The maximum atomic E-state index is 2.74. The molecule has 0 bridgehead atoms. The number of hydrogen-bond acceptors (Lipinski definition) is 0. The van der Waals surface area contributed by atoms with E-state index in [1.807, 2.05) is 0 Å². The van der Waals surface area contributed by atoms with Crippen LogP contribution in [0, 0.1) is 29.6 Å². The molecule has 4 atom stereocenters. The van der Waals surface area contributed by atoms with Crippen molar-refractivity contribution in [2.75, 3.05) is 0 Å². The fourth-order valence-corrected chi connectivity index (χ4v) is 7.19. The van der Waals surface area contributed by atoms with Crippen molar-refractivity contribution in [1.82, 2.24) is 0 Å². The van der Waals surface area contributed by atoms with Gasteiger partial charge in [0.25, 0.3) is 0 Å². The molecule has 3 aliphatic carbocycles. The van der Waals surface area contributed by atoms with Crippen LogP contribution in [-0.2, 0) is 0 Å². The summed E-state index contributed by atoms with van der Waals surface area (Å²) >= 11 is 0. The predicted octanol–water partition coefficient (Wildman–Crippen LogP) is 6.79. The second kappa shape index (κ2) is 8.63. The van der Waals surface area contributed by atoms with E-state index >= 15 is 0 Å². The van der Waals surface area contributed by atoms with Gasteiger partial charge >= 0.3 is 0 Å². The molecule has 0 nitrogen and oxygen atoms in total. The zero-order chi connectivity index (χ0) is 17.0. The van der Waals surface area contributed by atoms with Crippen molar-refractivity contribution in [2.45, 2.75) is 115 Å². The Kier molecular flexibility index (Phi) is 6.78. The van der Waals surface area contributed by atoms with E-state index in [1.54, 1.807) is 19.3 Å². The molecule has 0 N–H and O–H groups in total. The number of rotatable bonds is 2. The molecular weight excluding hydrogens is 287 g/mol. The van der Waals surface area contributed by atoms with Gasteiger partial charge in [-0.3, -0.25) is 0 Å². The summed E-state index contributed by atoms with van der Waals surface area (Å²) in [6.45, 7) is 5.09. The highest BCUT2D eigenvalue weighted by atomic mass is 14.5. The van der Waals surface area contributed by atoms with Crippen molar-refractivity contribution in [1.29, 1.82) is 0 Å². The Bertz CT molecular complexity index is 366. The highest BCUT2D eigenvalue weighted by molar-refractivity contribution is 6.15. The second-order valence-electron chi connectivity index (χ2n) is 10.3. The molecule has 24 heavy (non-hydrogen) atoms. The molecule has 3 aliphatic rings. The lowest BCUT2D eigenvalue weighted by Gasteiger charge is -2.49. The summed E-state index contributed by atoms with van der Waals surface area (Å²) in [5, 5.41) is 0.651. The second-order valence-corrected chi connectivity index (χ2v) is 10.3. The minimum absolute atomic E-state index is 0.651. The molecule has 3 fully saturated rings. The molecular formula is C23H43B. The van der Waals surface area contributed by atoms with Crippen LogP contribution in [0.2, 0.25) is 5.31 Å². The molecule has 0 aliphatic heterocycles. The van der Waals surface area contributed by atoms with E-state index in [-0.39, 0.29) is 0 Å². The van der Waals surface area contributed by atoms with E-state index in [0.29, 0.717) is 5.31 Å². The van der Waals surface area contributed by atoms with Gasteiger partial charge in [-0.25, -0.2) is 0 Å². The summed E-state index contributed by atoms with van der Waals surface area (Å²) in [7, 11) is 2.74. The SMILES string of the molecule is BC1(C2C(C(C)C)CCCC3CCCCCCC32)CCCCCC1. The molecule has 3 saturated carbocycles. The number of fused-ring (bicyclic) bond motifs is 1. The highest BCUT2D eigenvalue weighted by Gasteiger charge is 2.47. The quantitative estimate of drug-likeness (QED) is 0.386. The van der Waals surface area contributed by atoms with Crippen LogP contribution in [0.3, 0.4) is 0 Å². The molecule has 0 aromatic rings. The van der Waals surface area contributed by atoms with Gasteiger partial charge in [0.05, 0.1) is 0 Å². The van der Waals surface area contributed by atoms with E-state index in [0.717, 1.165) is 29.6 Å². The van der Waals surface area contributed by atoms with E-state index < -0.39 is 0 Å². The summed E-state index contributed by atoms with van der Waals surface area (Å²) in [5.74, 6) is 5.05. The van der Waals surface area contributed by atoms with Gasteiger partial charge < -0.3 is 0 Å². The van der Waals surface area contributed by atoms with Crippen LogP contribution in [0.15, 0.2) is 0 Å². The first-order chi connectivity index (χ1) is 11.6. The zero-order valence-corrected chi connectivity index (χ0v) is 17.0. The van der Waals surface area contributed by atoms with Crippen LogP contribution in [0.4, 0.5) is 0 Å². The van der Waals surface area contributed by atoms with Gasteiger partial charge in [0.1, 0.15) is 7.85 Å². The molecule has 3 rings (SSSR count). The van der Waals surface area contributed by atoms with Crippen LogP contribution < -0.4 is 0 Å². The Balaban J connectivity index is 1.92. The minimum atomic E-state index is 0.651. The Morgan fingerprint density at radius 1 is 0.708 bits per heavy atom. The van der Waals surface area contributed by atoms with E-state index in [1.165, 1.54) is 77.0 Å². The number of hydrogen-bond donors (Lipinski definition) is 0. The van der Waals surface area contributed by atoms with Crippen molar-refractivity contribution in [3.8, 4) is 0 Å². The maximum absolute atomic E-state index is 2.74. The molecule has 0 saturated heterocycles. The van der Waals surface area contributed by atoms with Gasteiger partial charge in [0.2, 0.25) is 0 Å². The standard InChI is InChI=1S/C23H43B/c1-18(2)20-15-11-13-19-12-7-3-4-8-14-21(19)22(20)23(24)16-9-5-6-10-17-23/h18-22H,3-17,24H2,1-2H3. The molecule has 0 heterocycles. The van der Waals surface area contributed by atoms with Crippen LogP contribution in [0.1, 0.15) is 110 Å². The van der Waals surface area contributed by atoms with Crippen molar-refractivity contribution in [2.24, 2.45) is 29.6 Å². The minimum Gasteiger partial charge on any atom is -0.0625 e. The Morgan fingerprint density at radius 3 is 1.96 bits per heavy atom. The topological polar surface area (TPSA) is 0 Å². The predicted molar refractivity (Wildman–Crippen MR) is 109 cm³/mol. The van der Waals surface area contributed by atoms with Gasteiger partial charge in [-0.15, -0.1) is 0 Å². The van der Waals surface area contributed by atoms with E-state index in [4.69, 9.17) is 0 Å². The average molecular weight is 330 g/mol. The lowest BCUT2D eigenvalue weighted by Crippen LogP contribution is -2.40. The van der Waals surface area contributed by atoms with Crippen molar-refractivity contribution < 1.29 is 0 Å². The average Bonchev–Trinajstić information content (AvgIpc) is 2.84. The Morgan fingerprint density at radius 2 is 1.29 bits per heavy atom. The van der Waals surface area contributed by atoms with Gasteiger partial charge in [-0.2, -0.15) is 0 Å².